The Morgan fingerprint density at radius 2 is 1.95 bits per heavy atom. The standard InChI is InChI=1S/C14H16BrN3O3/c1-20-10-3-4-13(21-2)11(5-10)12(19)8-18-14-16-6-9(15)7-17-14/h3-7,12,19H,8H2,1-2H3,(H,16,17,18). The third-order valence-corrected chi connectivity index (χ3v) is 3.28. The number of benzene rings is 1. The molecule has 0 saturated heterocycles. The lowest BCUT2D eigenvalue weighted by atomic mass is 10.1. The zero-order valence-corrected chi connectivity index (χ0v) is 13.3. The molecule has 2 aromatic rings. The number of halogens is 1. The van der Waals surface area contributed by atoms with Crippen molar-refractivity contribution in [1.82, 2.24) is 9.97 Å². The van der Waals surface area contributed by atoms with Crippen molar-refractivity contribution in [2.75, 3.05) is 26.1 Å². The number of aromatic nitrogens is 2. The second-order valence-corrected chi connectivity index (χ2v) is 5.15. The number of hydrogen-bond acceptors (Lipinski definition) is 6. The van der Waals surface area contributed by atoms with Crippen LogP contribution in [-0.4, -0.2) is 35.8 Å². The van der Waals surface area contributed by atoms with Gasteiger partial charge in [-0.1, -0.05) is 0 Å². The number of nitrogens with one attached hydrogen (secondary N) is 1. The van der Waals surface area contributed by atoms with Crippen molar-refractivity contribution >= 4 is 21.9 Å². The van der Waals surface area contributed by atoms with Crippen LogP contribution in [0.4, 0.5) is 5.95 Å². The molecular formula is C14H16BrN3O3. The van der Waals surface area contributed by atoms with Gasteiger partial charge in [0.2, 0.25) is 5.95 Å². The van der Waals surface area contributed by atoms with Gasteiger partial charge in [-0.05, 0) is 34.1 Å². The summed E-state index contributed by atoms with van der Waals surface area (Å²) in [5.41, 5.74) is 0.640. The van der Waals surface area contributed by atoms with Crippen molar-refractivity contribution in [1.29, 1.82) is 0 Å². The molecule has 2 N–H and O–H groups in total. The largest absolute Gasteiger partial charge is 0.497 e. The van der Waals surface area contributed by atoms with E-state index < -0.39 is 6.10 Å². The molecule has 0 aliphatic heterocycles. The lowest BCUT2D eigenvalue weighted by Crippen LogP contribution is -2.14. The summed E-state index contributed by atoms with van der Waals surface area (Å²) in [6.07, 6.45) is 2.49. The summed E-state index contributed by atoms with van der Waals surface area (Å²) >= 11 is 3.26. The highest BCUT2D eigenvalue weighted by Gasteiger charge is 2.15. The second kappa shape index (κ2) is 7.24. The van der Waals surface area contributed by atoms with Crippen LogP contribution in [-0.2, 0) is 0 Å². The number of hydrogen-bond donors (Lipinski definition) is 2. The molecule has 2 rings (SSSR count). The van der Waals surface area contributed by atoms with Crippen molar-refractivity contribution in [3.05, 3.63) is 40.6 Å². The van der Waals surface area contributed by atoms with Crippen LogP contribution >= 0.6 is 15.9 Å². The molecule has 112 valence electrons. The molecule has 0 radical (unpaired) electrons. The fourth-order valence-electron chi connectivity index (χ4n) is 1.80. The first-order valence-electron chi connectivity index (χ1n) is 6.25. The SMILES string of the molecule is COc1ccc(OC)c(C(O)CNc2ncc(Br)cn2)c1. The minimum absolute atomic E-state index is 0.255. The van der Waals surface area contributed by atoms with Crippen LogP contribution in [0, 0.1) is 0 Å². The van der Waals surface area contributed by atoms with Crippen molar-refractivity contribution in [3.63, 3.8) is 0 Å². The molecule has 0 spiro atoms. The molecule has 1 heterocycles. The Labute approximate surface area is 131 Å². The maximum absolute atomic E-state index is 10.3. The van der Waals surface area contributed by atoms with Gasteiger partial charge in [-0.25, -0.2) is 9.97 Å². The molecule has 7 heteroatoms. The molecule has 0 fully saturated rings. The molecule has 0 aliphatic rings. The monoisotopic (exact) mass is 353 g/mol. The number of anilines is 1. The second-order valence-electron chi connectivity index (χ2n) is 4.23. The molecule has 21 heavy (non-hydrogen) atoms. The summed E-state index contributed by atoms with van der Waals surface area (Å²) in [4.78, 5) is 8.17. The topological polar surface area (TPSA) is 76.5 Å². The van der Waals surface area contributed by atoms with Crippen molar-refractivity contribution in [2.45, 2.75) is 6.10 Å². The molecule has 1 atom stereocenters. The van der Waals surface area contributed by atoms with Crippen molar-refractivity contribution < 1.29 is 14.6 Å². The summed E-state index contributed by atoms with van der Waals surface area (Å²) in [6, 6.07) is 5.28. The van der Waals surface area contributed by atoms with Crippen LogP contribution in [0.1, 0.15) is 11.7 Å². The number of methoxy groups -OCH3 is 2. The minimum Gasteiger partial charge on any atom is -0.497 e. The maximum Gasteiger partial charge on any atom is 0.222 e. The predicted octanol–water partition coefficient (Wildman–Crippen LogP) is 2.40. The van der Waals surface area contributed by atoms with Gasteiger partial charge >= 0.3 is 0 Å². The van der Waals surface area contributed by atoms with Crippen molar-refractivity contribution in [3.8, 4) is 11.5 Å². The van der Waals surface area contributed by atoms with Gasteiger partial charge < -0.3 is 19.9 Å². The quantitative estimate of drug-likeness (QED) is 0.830. The van der Waals surface area contributed by atoms with Gasteiger partial charge in [-0.3, -0.25) is 0 Å². The average molecular weight is 354 g/mol. The summed E-state index contributed by atoms with van der Waals surface area (Å²) < 4.78 is 11.2. The predicted molar refractivity (Wildman–Crippen MR) is 82.7 cm³/mol. The van der Waals surface area contributed by atoms with Gasteiger partial charge in [0.1, 0.15) is 11.5 Å². The average Bonchev–Trinajstić information content (AvgIpc) is 2.53. The smallest absolute Gasteiger partial charge is 0.222 e. The molecule has 0 saturated carbocycles. The Kier molecular flexibility index (Phi) is 5.35. The van der Waals surface area contributed by atoms with E-state index in [-0.39, 0.29) is 6.54 Å². The Morgan fingerprint density at radius 1 is 1.24 bits per heavy atom. The van der Waals surface area contributed by atoms with E-state index in [9.17, 15) is 5.11 Å². The molecule has 1 aromatic carbocycles. The van der Waals surface area contributed by atoms with E-state index in [1.165, 1.54) is 0 Å². The highest BCUT2D eigenvalue weighted by Crippen LogP contribution is 2.29. The van der Waals surface area contributed by atoms with E-state index in [4.69, 9.17) is 9.47 Å². The zero-order chi connectivity index (χ0) is 15.2. The fourth-order valence-corrected chi connectivity index (χ4v) is 2.01. The highest BCUT2D eigenvalue weighted by molar-refractivity contribution is 9.10. The van der Waals surface area contributed by atoms with Crippen LogP contribution in [0.25, 0.3) is 0 Å². The minimum atomic E-state index is -0.776. The van der Waals surface area contributed by atoms with Gasteiger partial charge in [0.05, 0.1) is 24.8 Å². The lowest BCUT2D eigenvalue weighted by molar-refractivity contribution is 0.186. The van der Waals surface area contributed by atoms with Gasteiger partial charge in [0.25, 0.3) is 0 Å². The Bertz CT molecular complexity index is 593. The third-order valence-electron chi connectivity index (χ3n) is 2.87. The first-order valence-corrected chi connectivity index (χ1v) is 7.04. The molecule has 0 bridgehead atoms. The maximum atomic E-state index is 10.3. The van der Waals surface area contributed by atoms with Gasteiger partial charge in [0, 0.05) is 24.5 Å². The Morgan fingerprint density at radius 3 is 2.57 bits per heavy atom. The number of nitrogens with zero attached hydrogens (tertiary/aromatic N) is 2. The van der Waals surface area contributed by atoms with E-state index in [0.29, 0.717) is 23.0 Å². The van der Waals surface area contributed by atoms with Gasteiger partial charge in [-0.15, -0.1) is 0 Å². The molecular weight excluding hydrogens is 338 g/mol. The van der Waals surface area contributed by atoms with Gasteiger partial charge in [-0.2, -0.15) is 0 Å². The molecule has 0 aliphatic carbocycles. The summed E-state index contributed by atoms with van der Waals surface area (Å²) in [7, 11) is 3.13. The van der Waals surface area contributed by atoms with Gasteiger partial charge in [0.15, 0.2) is 0 Å². The number of aliphatic hydroxyl groups is 1. The zero-order valence-electron chi connectivity index (χ0n) is 11.7. The Balaban J connectivity index is 2.08. The normalized spacial score (nSPS) is 11.8. The molecule has 0 amide bonds. The van der Waals surface area contributed by atoms with E-state index in [1.807, 2.05) is 0 Å². The van der Waals surface area contributed by atoms with Crippen LogP contribution in [0.2, 0.25) is 0 Å². The number of rotatable bonds is 6. The highest BCUT2D eigenvalue weighted by atomic mass is 79.9. The van der Waals surface area contributed by atoms with E-state index in [0.717, 1.165) is 4.47 Å². The Hall–Kier alpha value is -1.86. The summed E-state index contributed by atoms with van der Waals surface area (Å²) in [5.74, 6) is 1.70. The molecule has 1 aromatic heterocycles. The van der Waals surface area contributed by atoms with Crippen LogP contribution in [0.15, 0.2) is 35.1 Å². The number of ether oxygens (including phenoxy) is 2. The van der Waals surface area contributed by atoms with Crippen LogP contribution in [0.3, 0.4) is 0 Å². The molecule has 1 unspecified atom stereocenters. The van der Waals surface area contributed by atoms with Crippen LogP contribution < -0.4 is 14.8 Å². The van der Waals surface area contributed by atoms with E-state index in [2.05, 4.69) is 31.2 Å². The third kappa shape index (κ3) is 4.05. The van der Waals surface area contributed by atoms with E-state index in [1.54, 1.807) is 44.8 Å². The van der Waals surface area contributed by atoms with Crippen LogP contribution in [0.5, 0.6) is 11.5 Å². The summed E-state index contributed by atoms with van der Waals surface area (Å²) in [6.45, 7) is 0.255. The molecule has 6 nitrogen and oxygen atoms in total. The number of aliphatic hydroxyl groups excluding tert-OH is 1. The van der Waals surface area contributed by atoms with Crippen molar-refractivity contribution in [2.24, 2.45) is 0 Å². The first kappa shape index (κ1) is 15.5. The lowest BCUT2D eigenvalue weighted by Gasteiger charge is -2.16. The van der Waals surface area contributed by atoms with E-state index >= 15 is 0 Å². The summed E-state index contributed by atoms with van der Waals surface area (Å²) in [5, 5.41) is 13.3. The fraction of sp³-hybridized carbons (Fsp3) is 0.286. The first-order chi connectivity index (χ1) is 10.1.